The van der Waals surface area contributed by atoms with E-state index in [1.54, 1.807) is 20.8 Å². The maximum absolute atomic E-state index is 13.1. The van der Waals surface area contributed by atoms with Gasteiger partial charge in [0.15, 0.2) is 5.69 Å². The molecular weight excluding hydrogens is 392 g/mol. The van der Waals surface area contributed by atoms with Gasteiger partial charge in [0.25, 0.3) is 0 Å². The van der Waals surface area contributed by atoms with E-state index >= 15 is 0 Å². The molecule has 0 aliphatic heterocycles. The Morgan fingerprint density at radius 1 is 1.04 bits per heavy atom. The fraction of sp³-hybridized carbons (Fsp3) is 0.333. The molecule has 9 heteroatoms. The first kappa shape index (κ1) is 18.4. The number of hydrogen-bond donors (Lipinski definition) is 2. The van der Waals surface area contributed by atoms with Gasteiger partial charge in [-0.3, -0.25) is 0 Å². The smallest absolute Gasteiger partial charge is 0.350 e. The number of aromatic nitrogens is 2. The van der Waals surface area contributed by atoms with Crippen LogP contribution in [0.3, 0.4) is 0 Å². The van der Waals surface area contributed by atoms with E-state index in [1.165, 1.54) is 18.2 Å². The molecule has 130 valence electrons. The first-order valence-corrected chi connectivity index (χ1v) is 7.70. The van der Waals surface area contributed by atoms with Crippen molar-refractivity contribution in [1.29, 1.82) is 0 Å². The Kier molecular flexibility index (Phi) is 5.03. The van der Waals surface area contributed by atoms with Gasteiger partial charge >= 0.3 is 6.18 Å². The van der Waals surface area contributed by atoms with Gasteiger partial charge in [-0.1, -0.05) is 0 Å². The SMILES string of the molecule is CC(C)(C)Nc1nc(Nc2ccc(F)cc2Br)cc(C(F)(F)F)n1. The summed E-state index contributed by atoms with van der Waals surface area (Å²) < 4.78 is 52.6. The van der Waals surface area contributed by atoms with Gasteiger partial charge in [-0.25, -0.2) is 9.37 Å². The maximum Gasteiger partial charge on any atom is 0.433 e. The van der Waals surface area contributed by atoms with Crippen molar-refractivity contribution < 1.29 is 17.6 Å². The van der Waals surface area contributed by atoms with Crippen LogP contribution >= 0.6 is 15.9 Å². The van der Waals surface area contributed by atoms with E-state index < -0.39 is 23.2 Å². The standard InChI is InChI=1S/C15H15BrF4N4/c1-14(2,3)24-13-22-11(15(18,19)20)7-12(23-13)21-10-5-4-8(17)6-9(10)16/h4-7H,1-3H3,(H2,21,22,23,24). The van der Waals surface area contributed by atoms with Gasteiger partial charge in [0.05, 0.1) is 5.69 Å². The fourth-order valence-electron chi connectivity index (χ4n) is 1.78. The summed E-state index contributed by atoms with van der Waals surface area (Å²) in [5.41, 5.74) is -1.22. The van der Waals surface area contributed by atoms with Gasteiger partial charge in [0, 0.05) is 16.1 Å². The quantitative estimate of drug-likeness (QED) is 0.674. The summed E-state index contributed by atoms with van der Waals surface area (Å²) in [5.74, 6) is -0.685. The molecule has 0 amide bonds. The molecule has 0 saturated heterocycles. The summed E-state index contributed by atoms with van der Waals surface area (Å²) in [6.45, 7) is 5.33. The Balaban J connectivity index is 2.42. The molecule has 0 atom stereocenters. The van der Waals surface area contributed by atoms with Gasteiger partial charge in [-0.05, 0) is 54.9 Å². The van der Waals surface area contributed by atoms with Gasteiger partial charge in [-0.15, -0.1) is 0 Å². The topological polar surface area (TPSA) is 49.8 Å². The minimum absolute atomic E-state index is 0.0589. The molecule has 0 unspecified atom stereocenters. The molecule has 0 radical (unpaired) electrons. The summed E-state index contributed by atoms with van der Waals surface area (Å²) in [6.07, 6.45) is -4.62. The van der Waals surface area contributed by atoms with E-state index in [0.717, 1.165) is 6.07 Å². The van der Waals surface area contributed by atoms with Crippen LogP contribution in [-0.2, 0) is 6.18 Å². The van der Waals surface area contributed by atoms with Crippen molar-refractivity contribution in [3.63, 3.8) is 0 Å². The van der Waals surface area contributed by atoms with Gasteiger partial charge in [0.2, 0.25) is 5.95 Å². The molecule has 0 fully saturated rings. The van der Waals surface area contributed by atoms with Crippen molar-refractivity contribution in [2.75, 3.05) is 10.6 Å². The predicted octanol–water partition coefficient (Wildman–Crippen LogP) is 5.35. The van der Waals surface area contributed by atoms with Crippen molar-refractivity contribution in [2.45, 2.75) is 32.5 Å². The number of hydrogen-bond acceptors (Lipinski definition) is 4. The highest BCUT2D eigenvalue weighted by Gasteiger charge is 2.34. The van der Waals surface area contributed by atoms with Crippen molar-refractivity contribution in [3.05, 3.63) is 40.2 Å². The average molecular weight is 407 g/mol. The predicted molar refractivity (Wildman–Crippen MR) is 87.8 cm³/mol. The lowest BCUT2D eigenvalue weighted by Crippen LogP contribution is -2.28. The van der Waals surface area contributed by atoms with E-state index in [0.29, 0.717) is 10.2 Å². The number of nitrogens with one attached hydrogen (secondary N) is 2. The molecule has 2 aromatic rings. The number of rotatable bonds is 3. The Morgan fingerprint density at radius 3 is 2.25 bits per heavy atom. The van der Waals surface area contributed by atoms with Crippen LogP contribution in [0, 0.1) is 5.82 Å². The first-order valence-electron chi connectivity index (χ1n) is 6.90. The minimum Gasteiger partial charge on any atom is -0.350 e. The van der Waals surface area contributed by atoms with Crippen LogP contribution in [0.2, 0.25) is 0 Å². The van der Waals surface area contributed by atoms with Gasteiger partial charge < -0.3 is 10.6 Å². The summed E-state index contributed by atoms with van der Waals surface area (Å²) >= 11 is 3.15. The molecule has 1 aromatic carbocycles. The second kappa shape index (κ2) is 6.54. The summed E-state index contributed by atoms with van der Waals surface area (Å²) in [7, 11) is 0. The van der Waals surface area contributed by atoms with Crippen LogP contribution < -0.4 is 10.6 Å². The maximum atomic E-state index is 13.1. The van der Waals surface area contributed by atoms with E-state index in [1.807, 2.05) is 0 Å². The molecule has 0 aliphatic rings. The largest absolute Gasteiger partial charge is 0.433 e. The van der Waals surface area contributed by atoms with Crippen molar-refractivity contribution in [1.82, 2.24) is 9.97 Å². The highest BCUT2D eigenvalue weighted by molar-refractivity contribution is 9.10. The molecule has 0 saturated carbocycles. The lowest BCUT2D eigenvalue weighted by molar-refractivity contribution is -0.141. The molecule has 24 heavy (non-hydrogen) atoms. The molecule has 1 heterocycles. The normalized spacial score (nSPS) is 12.2. The van der Waals surface area contributed by atoms with Gasteiger partial charge in [-0.2, -0.15) is 18.2 Å². The van der Waals surface area contributed by atoms with E-state index in [2.05, 4.69) is 36.5 Å². The third-order valence-corrected chi connectivity index (χ3v) is 3.35. The molecule has 0 spiro atoms. The highest BCUT2D eigenvalue weighted by atomic mass is 79.9. The zero-order chi connectivity index (χ0) is 18.1. The van der Waals surface area contributed by atoms with Crippen molar-refractivity contribution in [3.8, 4) is 0 Å². The van der Waals surface area contributed by atoms with E-state index in [4.69, 9.17) is 0 Å². The Labute approximate surface area is 144 Å². The van der Waals surface area contributed by atoms with E-state index in [-0.39, 0.29) is 11.8 Å². The third kappa shape index (κ3) is 5.05. The zero-order valence-electron chi connectivity index (χ0n) is 13.1. The summed E-state index contributed by atoms with van der Waals surface area (Å²) in [4.78, 5) is 7.55. The van der Waals surface area contributed by atoms with Gasteiger partial charge in [0.1, 0.15) is 11.6 Å². The molecular formula is C15H15BrF4N4. The number of alkyl halides is 3. The van der Waals surface area contributed by atoms with Crippen LogP contribution in [0.5, 0.6) is 0 Å². The minimum atomic E-state index is -4.62. The zero-order valence-corrected chi connectivity index (χ0v) is 14.7. The van der Waals surface area contributed by atoms with E-state index in [9.17, 15) is 17.6 Å². The Hall–Kier alpha value is -1.90. The first-order chi connectivity index (χ1) is 10.9. The highest BCUT2D eigenvalue weighted by Crippen LogP contribution is 2.32. The molecule has 0 aliphatic carbocycles. The summed E-state index contributed by atoms with van der Waals surface area (Å²) in [5, 5.41) is 5.54. The molecule has 1 aromatic heterocycles. The number of halogens is 5. The lowest BCUT2D eigenvalue weighted by atomic mass is 10.1. The Morgan fingerprint density at radius 2 is 1.71 bits per heavy atom. The fourth-order valence-corrected chi connectivity index (χ4v) is 2.23. The number of anilines is 3. The van der Waals surface area contributed by atoms with Crippen LogP contribution in [0.15, 0.2) is 28.7 Å². The number of nitrogens with zero attached hydrogens (tertiary/aromatic N) is 2. The second-order valence-electron chi connectivity index (χ2n) is 6.08. The summed E-state index contributed by atoms with van der Waals surface area (Å²) in [6, 6.07) is 4.57. The van der Waals surface area contributed by atoms with Crippen LogP contribution in [0.4, 0.5) is 35.0 Å². The van der Waals surface area contributed by atoms with Crippen molar-refractivity contribution >= 4 is 33.4 Å². The van der Waals surface area contributed by atoms with Crippen molar-refractivity contribution in [2.24, 2.45) is 0 Å². The monoisotopic (exact) mass is 406 g/mol. The van der Waals surface area contributed by atoms with Crippen LogP contribution in [0.25, 0.3) is 0 Å². The average Bonchev–Trinajstić information content (AvgIpc) is 2.39. The molecule has 2 rings (SSSR count). The molecule has 4 nitrogen and oxygen atoms in total. The van der Waals surface area contributed by atoms with Crippen LogP contribution in [-0.4, -0.2) is 15.5 Å². The molecule has 0 bridgehead atoms. The number of benzene rings is 1. The third-order valence-electron chi connectivity index (χ3n) is 2.70. The van der Waals surface area contributed by atoms with Crippen LogP contribution in [0.1, 0.15) is 26.5 Å². The Bertz CT molecular complexity index is 741. The molecule has 2 N–H and O–H groups in total. The lowest BCUT2D eigenvalue weighted by Gasteiger charge is -2.21. The second-order valence-corrected chi connectivity index (χ2v) is 6.94.